The van der Waals surface area contributed by atoms with Crippen molar-refractivity contribution in [3.63, 3.8) is 0 Å². The molecule has 1 heterocycles. The molecule has 2 aliphatic rings. The zero-order valence-corrected chi connectivity index (χ0v) is 12.6. The number of rotatable bonds is 5. The third-order valence-corrected chi connectivity index (χ3v) is 4.53. The van der Waals surface area contributed by atoms with E-state index >= 15 is 0 Å². The second kappa shape index (κ2) is 6.38. The summed E-state index contributed by atoms with van der Waals surface area (Å²) in [5.41, 5.74) is 2.03. The minimum absolute atomic E-state index is 0.193. The monoisotopic (exact) mass is 303 g/mol. The summed E-state index contributed by atoms with van der Waals surface area (Å²) in [5, 5.41) is 8.67. The number of fused-ring (bicyclic) bond motifs is 1. The summed E-state index contributed by atoms with van der Waals surface area (Å²) < 4.78 is 5.23. The standard InChI is InChI=1S/C17H21NO4/c19-16-8-5-13-9-14(22-11-17(20)21)6-7-15(13)18(16)10-12-3-1-2-4-12/h6-7,9,12H,1-5,8,10-11H2,(H,20,21). The van der Waals surface area contributed by atoms with Crippen LogP contribution in [-0.4, -0.2) is 30.1 Å². The molecule has 0 aromatic heterocycles. The molecule has 0 saturated heterocycles. The Hall–Kier alpha value is -2.04. The minimum atomic E-state index is -0.990. The average Bonchev–Trinajstić information content (AvgIpc) is 3.01. The Bertz CT molecular complexity index is 578. The van der Waals surface area contributed by atoms with Gasteiger partial charge >= 0.3 is 5.97 Å². The van der Waals surface area contributed by atoms with Gasteiger partial charge in [0, 0.05) is 18.7 Å². The molecule has 1 amide bonds. The van der Waals surface area contributed by atoms with Crippen molar-refractivity contribution in [1.82, 2.24) is 0 Å². The fourth-order valence-electron chi connectivity index (χ4n) is 3.42. The van der Waals surface area contributed by atoms with Gasteiger partial charge in [0.1, 0.15) is 5.75 Å². The van der Waals surface area contributed by atoms with Crippen LogP contribution in [0.4, 0.5) is 5.69 Å². The number of carboxylic acids is 1. The molecule has 1 fully saturated rings. The largest absolute Gasteiger partial charge is 0.482 e. The van der Waals surface area contributed by atoms with Crippen molar-refractivity contribution < 1.29 is 19.4 Å². The number of carbonyl (C=O) groups is 2. The second-order valence-electron chi connectivity index (χ2n) is 6.13. The summed E-state index contributed by atoms with van der Waals surface area (Å²) in [7, 11) is 0. The Kier molecular flexibility index (Phi) is 4.32. The third-order valence-electron chi connectivity index (χ3n) is 4.53. The van der Waals surface area contributed by atoms with Crippen LogP contribution in [0.2, 0.25) is 0 Å². The van der Waals surface area contributed by atoms with Crippen LogP contribution in [0.25, 0.3) is 0 Å². The molecular weight excluding hydrogens is 282 g/mol. The number of nitrogens with zero attached hydrogens (tertiary/aromatic N) is 1. The molecule has 5 heteroatoms. The smallest absolute Gasteiger partial charge is 0.341 e. The maximum atomic E-state index is 12.3. The van der Waals surface area contributed by atoms with Crippen molar-refractivity contribution >= 4 is 17.6 Å². The lowest BCUT2D eigenvalue weighted by Gasteiger charge is -2.31. The number of aliphatic carboxylic acids is 1. The van der Waals surface area contributed by atoms with Crippen molar-refractivity contribution in [3.8, 4) is 5.75 Å². The highest BCUT2D eigenvalue weighted by Crippen LogP contribution is 2.34. The van der Waals surface area contributed by atoms with Crippen molar-refractivity contribution in [3.05, 3.63) is 23.8 Å². The van der Waals surface area contributed by atoms with Crippen LogP contribution in [0.5, 0.6) is 5.75 Å². The van der Waals surface area contributed by atoms with Crippen LogP contribution in [0, 0.1) is 5.92 Å². The number of benzene rings is 1. The van der Waals surface area contributed by atoms with E-state index in [4.69, 9.17) is 9.84 Å². The van der Waals surface area contributed by atoms with E-state index in [0.717, 1.165) is 17.8 Å². The molecule has 5 nitrogen and oxygen atoms in total. The Labute approximate surface area is 129 Å². The first kappa shape index (κ1) is 14.9. The fourth-order valence-corrected chi connectivity index (χ4v) is 3.42. The van der Waals surface area contributed by atoms with E-state index in [0.29, 0.717) is 24.5 Å². The first-order chi connectivity index (χ1) is 10.6. The number of amides is 1. The van der Waals surface area contributed by atoms with Gasteiger partial charge in [0.25, 0.3) is 0 Å². The highest BCUT2D eigenvalue weighted by Gasteiger charge is 2.28. The number of carboxylic acid groups (broad SMARTS) is 1. The van der Waals surface area contributed by atoms with Crippen LogP contribution in [-0.2, 0) is 16.0 Å². The molecule has 1 aliphatic carbocycles. The lowest BCUT2D eigenvalue weighted by atomic mass is 9.98. The third kappa shape index (κ3) is 3.24. The van der Waals surface area contributed by atoms with Gasteiger partial charge in [-0.1, -0.05) is 12.8 Å². The van der Waals surface area contributed by atoms with Crippen LogP contribution < -0.4 is 9.64 Å². The molecule has 1 aromatic rings. The molecule has 0 radical (unpaired) electrons. The van der Waals surface area contributed by atoms with E-state index < -0.39 is 5.97 Å². The van der Waals surface area contributed by atoms with Gasteiger partial charge in [0.15, 0.2) is 6.61 Å². The van der Waals surface area contributed by atoms with E-state index in [1.54, 1.807) is 6.07 Å². The lowest BCUT2D eigenvalue weighted by Crippen LogP contribution is -2.38. The normalized spacial score (nSPS) is 18.4. The zero-order valence-electron chi connectivity index (χ0n) is 12.6. The Morgan fingerprint density at radius 3 is 2.77 bits per heavy atom. The highest BCUT2D eigenvalue weighted by molar-refractivity contribution is 5.96. The van der Waals surface area contributed by atoms with E-state index in [9.17, 15) is 9.59 Å². The van der Waals surface area contributed by atoms with Crippen molar-refractivity contribution in [1.29, 1.82) is 0 Å². The maximum absolute atomic E-state index is 12.3. The van der Waals surface area contributed by atoms with Gasteiger partial charge in [-0.2, -0.15) is 0 Å². The molecule has 0 unspecified atom stereocenters. The average molecular weight is 303 g/mol. The molecule has 1 aliphatic heterocycles. The van der Waals surface area contributed by atoms with Gasteiger partial charge in [0.05, 0.1) is 0 Å². The number of ether oxygens (including phenoxy) is 1. The summed E-state index contributed by atoms with van der Waals surface area (Å²) in [6.45, 7) is 0.463. The fraction of sp³-hybridized carbons (Fsp3) is 0.529. The van der Waals surface area contributed by atoms with E-state index in [1.807, 2.05) is 17.0 Å². The van der Waals surface area contributed by atoms with Crippen molar-refractivity contribution in [2.45, 2.75) is 38.5 Å². The lowest BCUT2D eigenvalue weighted by molar-refractivity contribution is -0.139. The maximum Gasteiger partial charge on any atom is 0.341 e. The second-order valence-corrected chi connectivity index (χ2v) is 6.13. The molecule has 0 atom stereocenters. The van der Waals surface area contributed by atoms with Gasteiger partial charge in [-0.05, 0) is 48.9 Å². The molecule has 3 rings (SSSR count). The molecule has 1 saturated carbocycles. The summed E-state index contributed by atoms with van der Waals surface area (Å²) in [6, 6.07) is 5.51. The Balaban J connectivity index is 1.77. The van der Waals surface area contributed by atoms with Gasteiger partial charge in [-0.3, -0.25) is 4.79 Å². The summed E-state index contributed by atoms with van der Waals surface area (Å²) >= 11 is 0. The van der Waals surface area contributed by atoms with Gasteiger partial charge in [0.2, 0.25) is 5.91 Å². The minimum Gasteiger partial charge on any atom is -0.482 e. The Morgan fingerprint density at radius 1 is 1.27 bits per heavy atom. The van der Waals surface area contributed by atoms with Crippen LogP contribution >= 0.6 is 0 Å². The van der Waals surface area contributed by atoms with Crippen LogP contribution in [0.1, 0.15) is 37.7 Å². The predicted molar refractivity (Wildman–Crippen MR) is 82.2 cm³/mol. The number of anilines is 1. The SMILES string of the molecule is O=C(O)COc1ccc2c(c1)CCC(=O)N2CC1CCCC1. The predicted octanol–water partition coefficient (Wildman–Crippen LogP) is 2.62. The number of carbonyl (C=O) groups excluding carboxylic acids is 1. The van der Waals surface area contributed by atoms with E-state index in [2.05, 4.69) is 0 Å². The van der Waals surface area contributed by atoms with E-state index in [1.165, 1.54) is 25.7 Å². The zero-order chi connectivity index (χ0) is 15.5. The van der Waals surface area contributed by atoms with E-state index in [-0.39, 0.29) is 12.5 Å². The number of hydrogen-bond donors (Lipinski definition) is 1. The summed E-state index contributed by atoms with van der Waals surface area (Å²) in [4.78, 5) is 24.7. The first-order valence-electron chi connectivity index (χ1n) is 7.91. The topological polar surface area (TPSA) is 66.8 Å². The Morgan fingerprint density at radius 2 is 2.05 bits per heavy atom. The summed E-state index contributed by atoms with van der Waals surface area (Å²) in [6.07, 6.45) is 6.16. The number of hydrogen-bond acceptors (Lipinski definition) is 3. The molecule has 1 N–H and O–H groups in total. The molecular formula is C17H21NO4. The quantitative estimate of drug-likeness (QED) is 0.908. The molecule has 0 spiro atoms. The van der Waals surface area contributed by atoms with Gasteiger partial charge in [-0.15, -0.1) is 0 Å². The van der Waals surface area contributed by atoms with Crippen LogP contribution in [0.3, 0.4) is 0 Å². The van der Waals surface area contributed by atoms with Crippen molar-refractivity contribution in [2.75, 3.05) is 18.1 Å². The summed E-state index contributed by atoms with van der Waals surface area (Å²) in [5.74, 6) is 0.364. The molecule has 0 bridgehead atoms. The van der Waals surface area contributed by atoms with Crippen molar-refractivity contribution in [2.24, 2.45) is 5.92 Å². The van der Waals surface area contributed by atoms with Crippen LogP contribution in [0.15, 0.2) is 18.2 Å². The number of aryl methyl sites for hydroxylation is 1. The first-order valence-corrected chi connectivity index (χ1v) is 7.91. The highest BCUT2D eigenvalue weighted by atomic mass is 16.5. The molecule has 22 heavy (non-hydrogen) atoms. The molecule has 118 valence electrons. The van der Waals surface area contributed by atoms with Gasteiger partial charge in [-0.25, -0.2) is 4.79 Å². The van der Waals surface area contributed by atoms with Gasteiger partial charge < -0.3 is 14.7 Å². The molecule has 1 aromatic carbocycles.